The quantitative estimate of drug-likeness (QED) is 0.890. The Hall–Kier alpha value is -1.23. The van der Waals surface area contributed by atoms with Gasteiger partial charge in [0.05, 0.1) is 5.69 Å². The van der Waals surface area contributed by atoms with E-state index in [1.807, 2.05) is 49.5 Å². The molecule has 4 heteroatoms. The van der Waals surface area contributed by atoms with Gasteiger partial charge >= 0.3 is 0 Å². The molecule has 0 bridgehead atoms. The third-order valence-electron chi connectivity index (χ3n) is 3.15. The highest BCUT2D eigenvalue weighted by molar-refractivity contribution is 9.10. The molecule has 0 aliphatic rings. The number of aliphatic hydroxyl groups is 1. The van der Waals surface area contributed by atoms with Crippen LogP contribution in [0.3, 0.4) is 0 Å². The number of hydrogen-bond acceptors (Lipinski definition) is 3. The summed E-state index contributed by atoms with van der Waals surface area (Å²) in [5, 5.41) is 14.1. The van der Waals surface area contributed by atoms with Crippen LogP contribution >= 0.6 is 15.9 Å². The van der Waals surface area contributed by atoms with E-state index in [2.05, 4.69) is 26.2 Å². The van der Waals surface area contributed by atoms with E-state index in [1.165, 1.54) is 0 Å². The van der Waals surface area contributed by atoms with Crippen molar-refractivity contribution in [2.45, 2.75) is 12.0 Å². The molecule has 0 saturated carbocycles. The van der Waals surface area contributed by atoms with E-state index in [4.69, 9.17) is 0 Å². The second-order valence-electron chi connectivity index (χ2n) is 4.44. The summed E-state index contributed by atoms with van der Waals surface area (Å²) < 4.78 is 0.994. The van der Waals surface area contributed by atoms with Crippen molar-refractivity contribution in [3.63, 3.8) is 0 Å². The standard InChI is InChI=1S/C15H17BrN2O/c1-17-11-9-15(19,14-4-2-3-10-18-14)12-5-7-13(16)8-6-12/h2-8,10,17,19H,9,11H2,1H3. The van der Waals surface area contributed by atoms with Gasteiger partial charge in [-0.3, -0.25) is 4.98 Å². The van der Waals surface area contributed by atoms with Crippen LogP contribution in [0.5, 0.6) is 0 Å². The average Bonchev–Trinajstić information content (AvgIpc) is 2.46. The lowest BCUT2D eigenvalue weighted by Crippen LogP contribution is -2.32. The Balaban J connectivity index is 2.42. The van der Waals surface area contributed by atoms with Crippen LogP contribution in [-0.4, -0.2) is 23.7 Å². The highest BCUT2D eigenvalue weighted by Crippen LogP contribution is 2.32. The first-order valence-corrected chi connectivity index (χ1v) is 7.00. The maximum atomic E-state index is 11.1. The number of aromatic nitrogens is 1. The van der Waals surface area contributed by atoms with Gasteiger partial charge in [-0.05, 0) is 49.8 Å². The molecule has 1 atom stereocenters. The van der Waals surface area contributed by atoms with Gasteiger partial charge in [0, 0.05) is 10.7 Å². The lowest BCUT2D eigenvalue weighted by atomic mass is 9.87. The van der Waals surface area contributed by atoms with Crippen molar-refractivity contribution in [3.05, 3.63) is 64.4 Å². The molecule has 0 aliphatic heterocycles. The summed E-state index contributed by atoms with van der Waals surface area (Å²) in [6, 6.07) is 13.3. The summed E-state index contributed by atoms with van der Waals surface area (Å²) in [5.41, 5.74) is 0.461. The van der Waals surface area contributed by atoms with Crippen molar-refractivity contribution < 1.29 is 5.11 Å². The molecule has 0 amide bonds. The topological polar surface area (TPSA) is 45.1 Å². The highest BCUT2D eigenvalue weighted by Gasteiger charge is 2.32. The third kappa shape index (κ3) is 3.21. The molecule has 0 radical (unpaired) electrons. The molecule has 0 spiro atoms. The van der Waals surface area contributed by atoms with Crippen LogP contribution in [0.15, 0.2) is 53.1 Å². The first kappa shape index (κ1) is 14.2. The third-order valence-corrected chi connectivity index (χ3v) is 3.68. The van der Waals surface area contributed by atoms with Crippen LogP contribution in [-0.2, 0) is 5.60 Å². The van der Waals surface area contributed by atoms with Gasteiger partial charge in [-0.2, -0.15) is 0 Å². The minimum absolute atomic E-state index is 0.572. The molecule has 2 N–H and O–H groups in total. The molecule has 0 fully saturated rings. The van der Waals surface area contributed by atoms with Crippen LogP contribution in [0.4, 0.5) is 0 Å². The van der Waals surface area contributed by atoms with Gasteiger partial charge < -0.3 is 10.4 Å². The first-order chi connectivity index (χ1) is 9.16. The van der Waals surface area contributed by atoms with Gasteiger partial charge in [0.15, 0.2) is 0 Å². The number of rotatable bonds is 5. The molecule has 3 nitrogen and oxygen atoms in total. The summed E-state index contributed by atoms with van der Waals surface area (Å²) in [4.78, 5) is 4.31. The Labute approximate surface area is 121 Å². The summed E-state index contributed by atoms with van der Waals surface area (Å²) >= 11 is 3.41. The molecule has 1 unspecified atom stereocenters. The molecular weight excluding hydrogens is 304 g/mol. The van der Waals surface area contributed by atoms with Crippen molar-refractivity contribution in [1.82, 2.24) is 10.3 Å². The number of hydrogen-bond donors (Lipinski definition) is 2. The zero-order chi connectivity index (χ0) is 13.7. The molecule has 100 valence electrons. The predicted molar refractivity (Wildman–Crippen MR) is 79.9 cm³/mol. The molecule has 19 heavy (non-hydrogen) atoms. The number of halogens is 1. The van der Waals surface area contributed by atoms with Gasteiger partial charge in [-0.15, -0.1) is 0 Å². The zero-order valence-corrected chi connectivity index (χ0v) is 12.4. The van der Waals surface area contributed by atoms with Crippen molar-refractivity contribution in [1.29, 1.82) is 0 Å². The van der Waals surface area contributed by atoms with Crippen molar-refractivity contribution in [3.8, 4) is 0 Å². The highest BCUT2D eigenvalue weighted by atomic mass is 79.9. The Morgan fingerprint density at radius 1 is 1.21 bits per heavy atom. The SMILES string of the molecule is CNCCC(O)(c1ccc(Br)cc1)c1ccccn1. The number of benzene rings is 1. The van der Waals surface area contributed by atoms with Crippen molar-refractivity contribution in [2.75, 3.05) is 13.6 Å². The summed E-state index contributed by atoms with van der Waals surface area (Å²) in [6.07, 6.45) is 2.28. The van der Waals surface area contributed by atoms with Crippen LogP contribution < -0.4 is 5.32 Å². The number of pyridine rings is 1. The molecule has 2 aromatic rings. The molecule has 1 aromatic heterocycles. The Morgan fingerprint density at radius 2 is 1.95 bits per heavy atom. The van der Waals surface area contributed by atoms with Gasteiger partial charge in [0.25, 0.3) is 0 Å². The maximum Gasteiger partial charge on any atom is 0.133 e. The molecule has 0 aliphatic carbocycles. The minimum atomic E-state index is -1.06. The smallest absolute Gasteiger partial charge is 0.133 e. The summed E-state index contributed by atoms with van der Waals surface area (Å²) in [7, 11) is 1.88. The lowest BCUT2D eigenvalue weighted by molar-refractivity contribution is 0.0671. The van der Waals surface area contributed by atoms with Gasteiger partial charge in [-0.1, -0.05) is 34.1 Å². The van der Waals surface area contributed by atoms with Gasteiger partial charge in [-0.25, -0.2) is 0 Å². The molecule has 1 heterocycles. The predicted octanol–water partition coefficient (Wildman–Crippen LogP) is 2.69. The number of nitrogens with one attached hydrogen (secondary N) is 1. The molecule has 2 rings (SSSR count). The number of nitrogens with zero attached hydrogens (tertiary/aromatic N) is 1. The fourth-order valence-corrected chi connectivity index (χ4v) is 2.32. The summed E-state index contributed by atoms with van der Waals surface area (Å²) in [6.45, 7) is 0.711. The van der Waals surface area contributed by atoms with E-state index in [9.17, 15) is 5.11 Å². The van der Waals surface area contributed by atoms with Crippen LogP contribution in [0.2, 0.25) is 0 Å². The van der Waals surface area contributed by atoms with E-state index in [0.717, 1.165) is 10.0 Å². The molecule has 0 saturated heterocycles. The average molecular weight is 321 g/mol. The Kier molecular flexibility index (Phi) is 4.69. The van der Waals surface area contributed by atoms with E-state index in [0.29, 0.717) is 18.7 Å². The second kappa shape index (κ2) is 6.28. The Morgan fingerprint density at radius 3 is 2.53 bits per heavy atom. The van der Waals surface area contributed by atoms with Gasteiger partial charge in [0.1, 0.15) is 5.60 Å². The normalized spacial score (nSPS) is 14.1. The van der Waals surface area contributed by atoms with Gasteiger partial charge in [0.2, 0.25) is 0 Å². The fourth-order valence-electron chi connectivity index (χ4n) is 2.06. The largest absolute Gasteiger partial charge is 0.379 e. The monoisotopic (exact) mass is 320 g/mol. The molecular formula is C15H17BrN2O. The lowest BCUT2D eigenvalue weighted by Gasteiger charge is -2.28. The van der Waals surface area contributed by atoms with Crippen LogP contribution in [0, 0.1) is 0 Å². The van der Waals surface area contributed by atoms with Crippen LogP contribution in [0.1, 0.15) is 17.7 Å². The Bertz CT molecular complexity index is 515. The van der Waals surface area contributed by atoms with Crippen molar-refractivity contribution in [2.24, 2.45) is 0 Å². The maximum absolute atomic E-state index is 11.1. The van der Waals surface area contributed by atoms with Crippen LogP contribution in [0.25, 0.3) is 0 Å². The first-order valence-electron chi connectivity index (χ1n) is 6.21. The fraction of sp³-hybridized carbons (Fsp3) is 0.267. The van der Waals surface area contributed by atoms with E-state index < -0.39 is 5.60 Å². The summed E-state index contributed by atoms with van der Waals surface area (Å²) in [5.74, 6) is 0. The van der Waals surface area contributed by atoms with E-state index >= 15 is 0 Å². The van der Waals surface area contributed by atoms with Crippen molar-refractivity contribution >= 4 is 15.9 Å². The molecule has 1 aromatic carbocycles. The van der Waals surface area contributed by atoms with E-state index in [1.54, 1.807) is 6.20 Å². The minimum Gasteiger partial charge on any atom is -0.379 e. The zero-order valence-electron chi connectivity index (χ0n) is 10.8. The van der Waals surface area contributed by atoms with E-state index in [-0.39, 0.29) is 0 Å². The second-order valence-corrected chi connectivity index (χ2v) is 5.35.